The van der Waals surface area contributed by atoms with Gasteiger partial charge in [0.1, 0.15) is 15.6 Å². The number of hydrogen-bond donors (Lipinski definition) is 3. The first-order valence-corrected chi connectivity index (χ1v) is 12.1. The summed E-state index contributed by atoms with van der Waals surface area (Å²) >= 11 is 0. The molecule has 2 rings (SSSR count). The maximum atomic E-state index is 11.3. The van der Waals surface area contributed by atoms with E-state index in [0.29, 0.717) is 18.3 Å². The van der Waals surface area contributed by atoms with E-state index in [0.717, 1.165) is 57.8 Å². The van der Waals surface area contributed by atoms with Crippen molar-refractivity contribution in [3.05, 3.63) is 29.8 Å². The molecule has 1 aliphatic heterocycles. The average molecular weight is 411 g/mol. The molecule has 7 nitrogen and oxygen atoms in total. The molecule has 0 aromatic heterocycles. The number of sulfone groups is 1. The highest BCUT2D eigenvalue weighted by atomic mass is 32.2. The smallest absolute Gasteiger partial charge is 0.191 e. The van der Waals surface area contributed by atoms with E-state index in [1.165, 1.54) is 11.8 Å². The number of likely N-dealkylation sites (tertiary alicyclic amines) is 1. The van der Waals surface area contributed by atoms with Gasteiger partial charge in [0.05, 0.1) is 5.75 Å². The normalized spacial score (nSPS) is 16.9. The molecule has 28 heavy (non-hydrogen) atoms. The quantitative estimate of drug-likeness (QED) is 0.324. The zero-order valence-electron chi connectivity index (χ0n) is 17.0. The zero-order valence-corrected chi connectivity index (χ0v) is 17.8. The summed E-state index contributed by atoms with van der Waals surface area (Å²) in [4.78, 5) is 6.90. The summed E-state index contributed by atoms with van der Waals surface area (Å²) in [6.07, 6.45) is 5.15. The molecule has 0 aliphatic carbocycles. The van der Waals surface area contributed by atoms with Crippen LogP contribution in [0.25, 0.3) is 0 Å². The van der Waals surface area contributed by atoms with Gasteiger partial charge in [0, 0.05) is 45.0 Å². The van der Waals surface area contributed by atoms with Gasteiger partial charge in [-0.2, -0.15) is 0 Å². The van der Waals surface area contributed by atoms with Gasteiger partial charge >= 0.3 is 0 Å². The predicted molar refractivity (Wildman–Crippen MR) is 115 cm³/mol. The minimum absolute atomic E-state index is 0.232. The first kappa shape index (κ1) is 22.5. The third-order valence-corrected chi connectivity index (χ3v) is 5.80. The number of aryl methyl sites for hydroxylation is 1. The summed E-state index contributed by atoms with van der Waals surface area (Å²) in [5.41, 5.74) is 1.20. The van der Waals surface area contributed by atoms with Gasteiger partial charge in [0.2, 0.25) is 0 Å². The highest BCUT2D eigenvalue weighted by Gasteiger charge is 2.20. The van der Waals surface area contributed by atoms with Gasteiger partial charge in [-0.1, -0.05) is 12.1 Å². The van der Waals surface area contributed by atoms with Crippen molar-refractivity contribution in [1.29, 1.82) is 0 Å². The molecule has 1 saturated heterocycles. The number of nitrogens with one attached hydrogen (secondary N) is 2. The van der Waals surface area contributed by atoms with Crippen LogP contribution in [0.1, 0.15) is 31.7 Å². The Hall–Kier alpha value is -1.80. The van der Waals surface area contributed by atoms with E-state index in [-0.39, 0.29) is 5.75 Å². The van der Waals surface area contributed by atoms with Crippen LogP contribution in [-0.4, -0.2) is 75.2 Å². The Labute approximate surface area is 169 Å². The number of nitrogens with zero attached hydrogens (tertiary/aromatic N) is 2. The van der Waals surface area contributed by atoms with E-state index < -0.39 is 9.84 Å². The summed E-state index contributed by atoms with van der Waals surface area (Å²) < 4.78 is 22.6. The summed E-state index contributed by atoms with van der Waals surface area (Å²) in [6, 6.07) is 7.68. The predicted octanol–water partition coefficient (Wildman–Crippen LogP) is 1.39. The molecule has 0 saturated carbocycles. The number of aliphatic imine (C=N–C) groups is 1. The number of benzene rings is 1. The lowest BCUT2D eigenvalue weighted by atomic mass is 10.1. The van der Waals surface area contributed by atoms with Gasteiger partial charge < -0.3 is 20.6 Å². The molecule has 1 aromatic rings. The molecule has 0 unspecified atom stereocenters. The Morgan fingerprint density at radius 2 is 1.93 bits per heavy atom. The molecule has 0 radical (unpaired) electrons. The second-order valence-corrected chi connectivity index (χ2v) is 9.68. The molecule has 0 spiro atoms. The minimum Gasteiger partial charge on any atom is -0.508 e. The van der Waals surface area contributed by atoms with Crippen molar-refractivity contribution < 1.29 is 13.5 Å². The Kier molecular flexibility index (Phi) is 9.05. The number of phenols is 1. The van der Waals surface area contributed by atoms with Crippen molar-refractivity contribution in [3.8, 4) is 5.75 Å². The van der Waals surface area contributed by atoms with Crippen LogP contribution in [0.3, 0.4) is 0 Å². The lowest BCUT2D eigenvalue weighted by molar-refractivity contribution is 0.216. The Bertz CT molecular complexity index is 711. The standard InChI is InChI=1S/C20H34N4O3S/c1-3-21-20(22-12-4-5-17-6-8-19(25)9-7-17)23-18-10-13-24(14-11-18)15-16-28(2,26)27/h6-9,18,25H,3-5,10-16H2,1-2H3,(H2,21,22,23). The maximum Gasteiger partial charge on any atom is 0.191 e. The average Bonchev–Trinajstić information content (AvgIpc) is 2.65. The second-order valence-electron chi connectivity index (χ2n) is 7.42. The van der Waals surface area contributed by atoms with Crippen LogP contribution in [0.5, 0.6) is 5.75 Å². The first-order valence-electron chi connectivity index (χ1n) is 10.1. The lowest BCUT2D eigenvalue weighted by Crippen LogP contribution is -2.49. The van der Waals surface area contributed by atoms with Gasteiger partial charge in [0.15, 0.2) is 5.96 Å². The van der Waals surface area contributed by atoms with Crippen molar-refractivity contribution in [2.24, 2.45) is 4.99 Å². The highest BCUT2D eigenvalue weighted by molar-refractivity contribution is 7.90. The van der Waals surface area contributed by atoms with E-state index in [1.807, 2.05) is 12.1 Å². The van der Waals surface area contributed by atoms with Crippen molar-refractivity contribution in [3.63, 3.8) is 0 Å². The molecule has 1 aromatic carbocycles. The highest BCUT2D eigenvalue weighted by Crippen LogP contribution is 2.12. The molecule has 8 heteroatoms. The second kappa shape index (κ2) is 11.3. The van der Waals surface area contributed by atoms with E-state index in [2.05, 4.69) is 27.4 Å². The molecule has 158 valence electrons. The molecular weight excluding hydrogens is 376 g/mol. The van der Waals surface area contributed by atoms with Gasteiger partial charge in [-0.05, 0) is 50.3 Å². The molecule has 1 fully saturated rings. The SMILES string of the molecule is CCNC(=NCCCc1ccc(O)cc1)NC1CCN(CCS(C)(=O)=O)CC1. The number of rotatable bonds is 9. The Balaban J connectivity index is 1.72. The Morgan fingerprint density at radius 1 is 1.25 bits per heavy atom. The van der Waals surface area contributed by atoms with Crippen LogP contribution >= 0.6 is 0 Å². The van der Waals surface area contributed by atoms with Crippen molar-refractivity contribution >= 4 is 15.8 Å². The topological polar surface area (TPSA) is 94.0 Å². The fourth-order valence-electron chi connectivity index (χ4n) is 3.25. The Morgan fingerprint density at radius 3 is 2.54 bits per heavy atom. The lowest BCUT2D eigenvalue weighted by Gasteiger charge is -2.32. The maximum absolute atomic E-state index is 11.3. The van der Waals surface area contributed by atoms with Gasteiger partial charge in [-0.3, -0.25) is 4.99 Å². The summed E-state index contributed by atoms with van der Waals surface area (Å²) in [5.74, 6) is 1.38. The summed E-state index contributed by atoms with van der Waals surface area (Å²) in [7, 11) is -2.90. The van der Waals surface area contributed by atoms with Gasteiger partial charge in [0.25, 0.3) is 0 Å². The molecule has 0 amide bonds. The van der Waals surface area contributed by atoms with Crippen LogP contribution in [-0.2, 0) is 16.3 Å². The van der Waals surface area contributed by atoms with Crippen molar-refractivity contribution in [1.82, 2.24) is 15.5 Å². The van der Waals surface area contributed by atoms with E-state index >= 15 is 0 Å². The number of aromatic hydroxyl groups is 1. The van der Waals surface area contributed by atoms with Gasteiger partial charge in [-0.15, -0.1) is 0 Å². The number of hydrogen-bond acceptors (Lipinski definition) is 5. The molecule has 0 bridgehead atoms. The first-order chi connectivity index (χ1) is 13.4. The van der Waals surface area contributed by atoms with Crippen LogP contribution in [0.4, 0.5) is 0 Å². The monoisotopic (exact) mass is 410 g/mol. The largest absolute Gasteiger partial charge is 0.508 e. The molecule has 3 N–H and O–H groups in total. The molecule has 1 heterocycles. The third-order valence-electron chi connectivity index (χ3n) is 4.88. The van der Waals surface area contributed by atoms with E-state index in [9.17, 15) is 13.5 Å². The molecule has 0 atom stereocenters. The number of guanidine groups is 1. The summed E-state index contributed by atoms with van der Waals surface area (Å²) in [6.45, 7) is 6.06. The number of piperidine rings is 1. The molecular formula is C20H34N4O3S. The van der Waals surface area contributed by atoms with Crippen LogP contribution < -0.4 is 10.6 Å². The number of phenolic OH excluding ortho intramolecular Hbond substituents is 1. The zero-order chi connectivity index (χ0) is 20.4. The third kappa shape index (κ3) is 8.93. The van der Waals surface area contributed by atoms with Gasteiger partial charge in [-0.25, -0.2) is 8.42 Å². The summed E-state index contributed by atoms with van der Waals surface area (Å²) in [5, 5.41) is 16.2. The molecule has 1 aliphatic rings. The fourth-order valence-corrected chi connectivity index (χ4v) is 3.84. The van der Waals surface area contributed by atoms with E-state index in [1.54, 1.807) is 12.1 Å². The van der Waals surface area contributed by atoms with Crippen LogP contribution in [0.2, 0.25) is 0 Å². The van der Waals surface area contributed by atoms with Crippen LogP contribution in [0.15, 0.2) is 29.3 Å². The van der Waals surface area contributed by atoms with Crippen molar-refractivity contribution in [2.45, 2.75) is 38.6 Å². The fraction of sp³-hybridized carbons (Fsp3) is 0.650. The minimum atomic E-state index is -2.90. The van der Waals surface area contributed by atoms with Crippen LogP contribution in [0, 0.1) is 0 Å². The van der Waals surface area contributed by atoms with Crippen molar-refractivity contribution in [2.75, 3.05) is 44.7 Å². The van der Waals surface area contributed by atoms with E-state index in [4.69, 9.17) is 0 Å².